The molecule has 2 N–H and O–H groups in total. The third kappa shape index (κ3) is 3.21. The second-order valence-corrected chi connectivity index (χ2v) is 6.05. The second kappa shape index (κ2) is 6.34. The lowest BCUT2D eigenvalue weighted by Crippen LogP contribution is -2.54. The van der Waals surface area contributed by atoms with E-state index in [0.29, 0.717) is 24.1 Å². The number of benzene rings is 1. The molecule has 1 amide bonds. The van der Waals surface area contributed by atoms with Gasteiger partial charge in [0, 0.05) is 25.6 Å². The molecule has 0 saturated carbocycles. The highest BCUT2D eigenvalue weighted by atomic mass is 16.4. The summed E-state index contributed by atoms with van der Waals surface area (Å²) < 4.78 is 0. The van der Waals surface area contributed by atoms with Crippen molar-refractivity contribution >= 4 is 6.09 Å². The van der Waals surface area contributed by atoms with Crippen molar-refractivity contribution in [2.24, 2.45) is 5.92 Å². The van der Waals surface area contributed by atoms with Crippen molar-refractivity contribution < 1.29 is 15.0 Å². The van der Waals surface area contributed by atoms with Gasteiger partial charge in [-0.3, -0.25) is 0 Å². The minimum Gasteiger partial charge on any atom is -0.465 e. The van der Waals surface area contributed by atoms with E-state index < -0.39 is 11.7 Å². The Bertz CT molecular complexity index is 597. The summed E-state index contributed by atoms with van der Waals surface area (Å²) in [5, 5.41) is 29.5. The van der Waals surface area contributed by atoms with Gasteiger partial charge in [0.05, 0.1) is 17.2 Å². The van der Waals surface area contributed by atoms with E-state index in [2.05, 4.69) is 6.07 Å². The zero-order chi connectivity index (χ0) is 16.3. The van der Waals surface area contributed by atoms with Gasteiger partial charge >= 0.3 is 6.09 Å². The Morgan fingerprint density at radius 3 is 2.86 bits per heavy atom. The summed E-state index contributed by atoms with van der Waals surface area (Å²) in [7, 11) is 3.79. The van der Waals surface area contributed by atoms with Crippen LogP contribution in [0, 0.1) is 17.2 Å². The van der Waals surface area contributed by atoms with Crippen LogP contribution < -0.4 is 0 Å². The topological polar surface area (TPSA) is 87.8 Å². The molecule has 1 fully saturated rings. The normalized spacial score (nSPS) is 25.0. The van der Waals surface area contributed by atoms with Crippen molar-refractivity contribution in [3.63, 3.8) is 0 Å². The number of nitrogens with zero attached hydrogens (tertiary/aromatic N) is 3. The molecule has 2 unspecified atom stereocenters. The summed E-state index contributed by atoms with van der Waals surface area (Å²) in [5.41, 5.74) is 0.0573. The van der Waals surface area contributed by atoms with Gasteiger partial charge in [0.2, 0.25) is 0 Å². The highest BCUT2D eigenvalue weighted by molar-refractivity contribution is 5.65. The second-order valence-electron chi connectivity index (χ2n) is 6.05. The monoisotopic (exact) mass is 303 g/mol. The minimum absolute atomic E-state index is 0.249. The average Bonchev–Trinajstić information content (AvgIpc) is 2.49. The van der Waals surface area contributed by atoms with Crippen LogP contribution in [-0.4, -0.2) is 59.8 Å². The molecular weight excluding hydrogens is 282 g/mol. The van der Waals surface area contributed by atoms with Crippen molar-refractivity contribution in [1.82, 2.24) is 9.80 Å². The molecule has 1 aliphatic heterocycles. The first-order chi connectivity index (χ1) is 10.4. The van der Waals surface area contributed by atoms with E-state index in [1.807, 2.05) is 19.0 Å². The third-order valence-electron chi connectivity index (χ3n) is 4.23. The van der Waals surface area contributed by atoms with Crippen molar-refractivity contribution in [2.75, 3.05) is 33.7 Å². The van der Waals surface area contributed by atoms with Gasteiger partial charge in [0.25, 0.3) is 0 Å². The summed E-state index contributed by atoms with van der Waals surface area (Å²) in [4.78, 5) is 14.5. The van der Waals surface area contributed by atoms with Crippen LogP contribution in [0.2, 0.25) is 0 Å². The number of hydrogen-bond acceptors (Lipinski definition) is 4. The number of likely N-dealkylation sites (tertiary alicyclic amines) is 1. The first kappa shape index (κ1) is 16.3. The van der Waals surface area contributed by atoms with Crippen LogP contribution in [0.5, 0.6) is 0 Å². The Morgan fingerprint density at radius 2 is 2.27 bits per heavy atom. The van der Waals surface area contributed by atoms with Crippen LogP contribution in [0.3, 0.4) is 0 Å². The van der Waals surface area contributed by atoms with Gasteiger partial charge in [-0.25, -0.2) is 4.79 Å². The van der Waals surface area contributed by atoms with Gasteiger partial charge in [-0.05, 0) is 38.2 Å². The van der Waals surface area contributed by atoms with E-state index in [0.717, 1.165) is 0 Å². The summed E-state index contributed by atoms with van der Waals surface area (Å²) >= 11 is 0. The first-order valence-corrected chi connectivity index (χ1v) is 7.22. The number of hydrogen-bond donors (Lipinski definition) is 2. The van der Waals surface area contributed by atoms with E-state index in [9.17, 15) is 15.0 Å². The zero-order valence-electron chi connectivity index (χ0n) is 12.9. The van der Waals surface area contributed by atoms with Crippen molar-refractivity contribution in [1.29, 1.82) is 5.26 Å². The Kier molecular flexibility index (Phi) is 4.69. The summed E-state index contributed by atoms with van der Waals surface area (Å²) in [6.07, 6.45) is -0.635. The molecule has 1 heterocycles. The van der Waals surface area contributed by atoms with E-state index in [1.165, 1.54) is 4.90 Å². The van der Waals surface area contributed by atoms with Crippen LogP contribution in [0.15, 0.2) is 24.3 Å². The Hall–Kier alpha value is -2.10. The lowest BCUT2D eigenvalue weighted by atomic mass is 9.75. The molecular formula is C16H21N3O3. The third-order valence-corrected chi connectivity index (χ3v) is 4.23. The number of carboxylic acid groups (broad SMARTS) is 1. The lowest BCUT2D eigenvalue weighted by Gasteiger charge is -2.45. The molecule has 6 heteroatoms. The average molecular weight is 303 g/mol. The molecule has 2 atom stereocenters. The van der Waals surface area contributed by atoms with Crippen LogP contribution >= 0.6 is 0 Å². The van der Waals surface area contributed by atoms with Crippen LogP contribution in [0.1, 0.15) is 17.5 Å². The van der Waals surface area contributed by atoms with Crippen LogP contribution in [-0.2, 0) is 5.60 Å². The molecule has 0 radical (unpaired) electrons. The van der Waals surface area contributed by atoms with Gasteiger partial charge < -0.3 is 20.0 Å². The van der Waals surface area contributed by atoms with Crippen LogP contribution in [0.25, 0.3) is 0 Å². The standard InChI is InChI=1S/C16H21N3O3/c1-18(2)10-14-11-19(15(20)21)7-6-16(14,22)13-5-3-4-12(8-13)9-17/h3-5,8,14,22H,6-7,10-11H2,1-2H3,(H,20,21). The Balaban J connectivity index is 2.36. The van der Waals surface area contributed by atoms with Gasteiger partial charge in [-0.1, -0.05) is 12.1 Å². The molecule has 0 bridgehead atoms. The molecule has 0 aliphatic carbocycles. The summed E-state index contributed by atoms with van der Waals surface area (Å²) in [6.45, 7) is 1.13. The predicted octanol–water partition coefficient (Wildman–Crippen LogP) is 1.31. The molecule has 1 aromatic carbocycles. The predicted molar refractivity (Wildman–Crippen MR) is 81.3 cm³/mol. The maximum Gasteiger partial charge on any atom is 0.407 e. The molecule has 1 saturated heterocycles. The van der Waals surface area contributed by atoms with Crippen molar-refractivity contribution in [2.45, 2.75) is 12.0 Å². The van der Waals surface area contributed by atoms with Crippen LogP contribution in [0.4, 0.5) is 4.79 Å². The molecule has 1 aromatic rings. The van der Waals surface area contributed by atoms with Gasteiger partial charge in [-0.15, -0.1) is 0 Å². The van der Waals surface area contributed by atoms with Crippen molar-refractivity contribution in [3.05, 3.63) is 35.4 Å². The SMILES string of the molecule is CN(C)CC1CN(C(=O)O)CCC1(O)c1cccc(C#N)c1. The Morgan fingerprint density at radius 1 is 1.55 bits per heavy atom. The molecule has 0 spiro atoms. The van der Waals surface area contributed by atoms with Gasteiger partial charge in [-0.2, -0.15) is 5.26 Å². The lowest BCUT2D eigenvalue weighted by molar-refractivity contribution is -0.0789. The summed E-state index contributed by atoms with van der Waals surface area (Å²) in [5.74, 6) is -0.249. The maximum atomic E-state index is 11.2. The van der Waals surface area contributed by atoms with Crippen molar-refractivity contribution in [3.8, 4) is 6.07 Å². The fourth-order valence-corrected chi connectivity index (χ4v) is 3.08. The number of piperidine rings is 1. The first-order valence-electron chi connectivity index (χ1n) is 7.22. The Labute approximate surface area is 130 Å². The molecule has 2 rings (SSSR count). The molecule has 22 heavy (non-hydrogen) atoms. The van der Waals surface area contributed by atoms with E-state index in [1.54, 1.807) is 24.3 Å². The van der Waals surface area contributed by atoms with E-state index in [4.69, 9.17) is 5.26 Å². The number of nitriles is 1. The molecule has 1 aliphatic rings. The smallest absolute Gasteiger partial charge is 0.407 e. The highest BCUT2D eigenvalue weighted by Gasteiger charge is 2.44. The van der Waals surface area contributed by atoms with E-state index in [-0.39, 0.29) is 19.0 Å². The molecule has 0 aromatic heterocycles. The minimum atomic E-state index is -1.12. The van der Waals surface area contributed by atoms with E-state index >= 15 is 0 Å². The highest BCUT2D eigenvalue weighted by Crippen LogP contribution is 2.38. The van der Waals surface area contributed by atoms with Gasteiger partial charge in [0.1, 0.15) is 0 Å². The number of amides is 1. The fraction of sp³-hybridized carbons (Fsp3) is 0.500. The molecule has 118 valence electrons. The fourth-order valence-electron chi connectivity index (χ4n) is 3.08. The number of aliphatic hydroxyl groups is 1. The number of carbonyl (C=O) groups is 1. The zero-order valence-corrected chi connectivity index (χ0v) is 12.9. The summed E-state index contributed by atoms with van der Waals surface area (Å²) in [6, 6.07) is 9.03. The quantitative estimate of drug-likeness (QED) is 0.879. The molecule has 6 nitrogen and oxygen atoms in total. The maximum absolute atomic E-state index is 11.2. The largest absolute Gasteiger partial charge is 0.465 e. The number of rotatable bonds is 3. The van der Waals surface area contributed by atoms with Gasteiger partial charge in [0.15, 0.2) is 0 Å².